The Balaban J connectivity index is 1.13. The van der Waals surface area contributed by atoms with E-state index in [2.05, 4.69) is 30.2 Å². The van der Waals surface area contributed by atoms with Crippen LogP contribution < -0.4 is 16.4 Å². The van der Waals surface area contributed by atoms with Gasteiger partial charge in [-0.1, -0.05) is 52.3 Å². The standard InChI is InChI=1S/C19H23Cl2N5O4S2/c20-13-2-1-11(5-14(13)21)7-26-3-4-29-12(8-26)6-22-16(27)10-32-19-23-15(9-31-19)17-24-18(28)30-25-17/h2,5,9,11-12,19,23H,1,3-4,6-8,10H2,(H,22,27)(H,24,25,28)/t11?,12-,19?/m0/s1. The third-order valence-electron chi connectivity index (χ3n) is 5.10. The average molecular weight is 520 g/mol. The van der Waals surface area contributed by atoms with Gasteiger partial charge in [0.05, 0.1) is 34.2 Å². The fourth-order valence-corrected chi connectivity index (χ4v) is 5.88. The zero-order valence-electron chi connectivity index (χ0n) is 17.0. The first kappa shape index (κ1) is 23.8. The molecule has 0 spiro atoms. The lowest BCUT2D eigenvalue weighted by Crippen LogP contribution is -2.48. The largest absolute Gasteiger partial charge is 0.439 e. The van der Waals surface area contributed by atoms with E-state index < -0.39 is 5.76 Å². The Kier molecular flexibility index (Phi) is 8.30. The molecule has 1 aromatic heterocycles. The number of morpholine rings is 1. The number of nitrogens with one attached hydrogen (secondary N) is 3. The molecule has 1 aliphatic carbocycles. The number of rotatable bonds is 8. The van der Waals surface area contributed by atoms with Gasteiger partial charge in [-0.3, -0.25) is 19.2 Å². The average Bonchev–Trinajstić information content (AvgIpc) is 3.42. The predicted molar refractivity (Wildman–Crippen MR) is 127 cm³/mol. The number of nitrogens with zero attached hydrogens (tertiary/aromatic N) is 2. The Bertz CT molecular complexity index is 979. The fraction of sp³-hybridized carbons (Fsp3) is 0.526. The Hall–Kier alpha value is -1.37. The smallest absolute Gasteiger partial charge is 0.374 e. The Morgan fingerprint density at radius 2 is 2.28 bits per heavy atom. The molecule has 1 aromatic rings. The van der Waals surface area contributed by atoms with E-state index in [1.54, 1.807) is 0 Å². The second-order valence-electron chi connectivity index (χ2n) is 7.52. The molecule has 1 saturated heterocycles. The second kappa shape index (κ2) is 11.2. The maximum atomic E-state index is 12.3. The van der Waals surface area contributed by atoms with Crippen molar-refractivity contribution >= 4 is 58.3 Å². The van der Waals surface area contributed by atoms with E-state index in [9.17, 15) is 9.59 Å². The number of thioether (sulfide) groups is 2. The lowest BCUT2D eigenvalue weighted by atomic mass is 9.99. The number of aromatic amines is 1. The molecule has 9 nitrogen and oxygen atoms in total. The highest BCUT2D eigenvalue weighted by Crippen LogP contribution is 2.32. The molecule has 0 radical (unpaired) electrons. The highest BCUT2D eigenvalue weighted by atomic mass is 35.5. The number of carbonyl (C=O) groups excluding carboxylic acids is 1. The quantitative estimate of drug-likeness (QED) is 0.475. The van der Waals surface area contributed by atoms with Crippen molar-refractivity contribution < 1.29 is 14.1 Å². The molecule has 1 amide bonds. The number of halogens is 2. The molecule has 174 valence electrons. The molecule has 2 unspecified atom stereocenters. The molecule has 13 heteroatoms. The number of hydrogen-bond acceptors (Lipinski definition) is 9. The number of amides is 1. The summed E-state index contributed by atoms with van der Waals surface area (Å²) in [5.74, 6) is 0.324. The minimum Gasteiger partial charge on any atom is -0.374 e. The molecule has 3 N–H and O–H groups in total. The number of aromatic nitrogens is 2. The molecule has 0 bridgehead atoms. The third kappa shape index (κ3) is 6.58. The van der Waals surface area contributed by atoms with E-state index >= 15 is 0 Å². The summed E-state index contributed by atoms with van der Waals surface area (Å²) >= 11 is 15.1. The van der Waals surface area contributed by atoms with Crippen molar-refractivity contribution in [2.24, 2.45) is 5.92 Å². The van der Waals surface area contributed by atoms with Crippen LogP contribution in [-0.4, -0.2) is 70.3 Å². The lowest BCUT2D eigenvalue weighted by molar-refractivity contribution is -0.119. The van der Waals surface area contributed by atoms with Crippen LogP contribution in [0.3, 0.4) is 0 Å². The fourth-order valence-electron chi connectivity index (χ4n) is 3.54. The topological polar surface area (TPSA) is 112 Å². The molecule has 3 atom stereocenters. The number of hydrogen-bond donors (Lipinski definition) is 3. The molecule has 32 heavy (non-hydrogen) atoms. The Morgan fingerprint density at radius 3 is 3.06 bits per heavy atom. The zero-order chi connectivity index (χ0) is 22.5. The van der Waals surface area contributed by atoms with Crippen LogP contribution in [0.2, 0.25) is 0 Å². The number of carbonyl (C=O) groups is 1. The second-order valence-corrected chi connectivity index (χ2v) is 10.7. The van der Waals surface area contributed by atoms with Crippen LogP contribution >= 0.6 is 46.7 Å². The minimum absolute atomic E-state index is 0.0453. The lowest BCUT2D eigenvalue weighted by Gasteiger charge is -2.35. The molecule has 0 saturated carbocycles. The van der Waals surface area contributed by atoms with Gasteiger partial charge in [-0.2, -0.15) is 0 Å². The van der Waals surface area contributed by atoms with E-state index in [0.717, 1.165) is 26.1 Å². The van der Waals surface area contributed by atoms with Crippen molar-refractivity contribution in [3.63, 3.8) is 0 Å². The summed E-state index contributed by atoms with van der Waals surface area (Å²) in [5, 5.41) is 12.9. The highest BCUT2D eigenvalue weighted by Gasteiger charge is 2.25. The van der Waals surface area contributed by atoms with E-state index in [1.807, 2.05) is 17.6 Å². The molecule has 2 aliphatic heterocycles. The first-order valence-electron chi connectivity index (χ1n) is 10.1. The molecule has 1 fully saturated rings. The monoisotopic (exact) mass is 519 g/mol. The highest BCUT2D eigenvalue weighted by molar-refractivity contribution is 8.18. The first-order chi connectivity index (χ1) is 15.5. The van der Waals surface area contributed by atoms with Crippen LogP contribution in [-0.2, 0) is 9.53 Å². The molecule has 4 rings (SSSR count). The number of ether oxygens (including phenoxy) is 1. The summed E-state index contributed by atoms with van der Waals surface area (Å²) in [6.07, 6.45) is 4.81. The van der Waals surface area contributed by atoms with Crippen molar-refractivity contribution in [2.45, 2.75) is 17.2 Å². The van der Waals surface area contributed by atoms with Crippen molar-refractivity contribution in [3.8, 4) is 0 Å². The van der Waals surface area contributed by atoms with Gasteiger partial charge in [-0.15, -0.1) is 11.8 Å². The van der Waals surface area contributed by atoms with Crippen molar-refractivity contribution in [3.05, 3.63) is 44.0 Å². The minimum atomic E-state index is -0.605. The van der Waals surface area contributed by atoms with Gasteiger partial charge >= 0.3 is 5.76 Å². The van der Waals surface area contributed by atoms with Crippen LogP contribution in [0.1, 0.15) is 12.2 Å². The maximum absolute atomic E-state index is 12.3. The van der Waals surface area contributed by atoms with Gasteiger partial charge in [-0.05, 0) is 12.3 Å². The van der Waals surface area contributed by atoms with Crippen LogP contribution in [0, 0.1) is 5.92 Å². The van der Waals surface area contributed by atoms with E-state index in [0.29, 0.717) is 46.4 Å². The van der Waals surface area contributed by atoms with Crippen LogP contribution in [0.4, 0.5) is 0 Å². The molecular formula is C19H23Cl2N5O4S2. The molecule has 3 aliphatic rings. The summed E-state index contributed by atoms with van der Waals surface area (Å²) < 4.78 is 10.3. The van der Waals surface area contributed by atoms with Crippen molar-refractivity contribution in [1.29, 1.82) is 0 Å². The van der Waals surface area contributed by atoms with E-state index in [4.69, 9.17) is 27.9 Å². The number of allylic oxidation sites excluding steroid dienone is 3. The summed E-state index contributed by atoms with van der Waals surface area (Å²) in [5.41, 5.74) is 0.668. The maximum Gasteiger partial charge on any atom is 0.439 e. The van der Waals surface area contributed by atoms with Gasteiger partial charge in [-0.25, -0.2) is 4.79 Å². The van der Waals surface area contributed by atoms with Crippen LogP contribution in [0.25, 0.3) is 5.70 Å². The molecule has 3 heterocycles. The SMILES string of the molecule is O=C(CSC1NC(c2noc(=O)[nH]2)=CS1)NC[C@H]1CN(CC2C=C(Cl)C(Cl)=CC2)CCO1. The van der Waals surface area contributed by atoms with Gasteiger partial charge in [0.1, 0.15) is 4.71 Å². The van der Waals surface area contributed by atoms with E-state index in [-0.39, 0.29) is 16.7 Å². The third-order valence-corrected chi connectivity index (χ3v) is 8.21. The van der Waals surface area contributed by atoms with Gasteiger partial charge in [0, 0.05) is 31.6 Å². The Labute approximate surface area is 203 Å². The van der Waals surface area contributed by atoms with Gasteiger partial charge in [0.25, 0.3) is 0 Å². The van der Waals surface area contributed by atoms with Gasteiger partial charge in [0.2, 0.25) is 5.91 Å². The van der Waals surface area contributed by atoms with Crippen molar-refractivity contribution in [2.75, 3.05) is 38.5 Å². The molecular weight excluding hydrogens is 497 g/mol. The molecule has 0 aromatic carbocycles. The summed E-state index contributed by atoms with van der Waals surface area (Å²) in [4.78, 5) is 28.2. The van der Waals surface area contributed by atoms with Gasteiger partial charge < -0.3 is 15.4 Å². The normalized spacial score (nSPS) is 26.2. The summed E-state index contributed by atoms with van der Waals surface area (Å²) in [6, 6.07) is 0. The van der Waals surface area contributed by atoms with Crippen LogP contribution in [0.15, 0.2) is 36.9 Å². The number of H-pyrrole nitrogens is 1. The van der Waals surface area contributed by atoms with E-state index in [1.165, 1.54) is 23.5 Å². The summed E-state index contributed by atoms with van der Waals surface area (Å²) in [7, 11) is 0. The van der Waals surface area contributed by atoms with Crippen molar-refractivity contribution in [1.82, 2.24) is 25.7 Å². The zero-order valence-corrected chi connectivity index (χ0v) is 20.2. The predicted octanol–water partition coefficient (Wildman–Crippen LogP) is 2.10. The van der Waals surface area contributed by atoms with Crippen LogP contribution in [0.5, 0.6) is 0 Å². The summed E-state index contributed by atoms with van der Waals surface area (Å²) in [6.45, 7) is 3.61. The van der Waals surface area contributed by atoms with Gasteiger partial charge in [0.15, 0.2) is 5.82 Å². The first-order valence-corrected chi connectivity index (χ1v) is 12.8. The Morgan fingerprint density at radius 1 is 1.41 bits per heavy atom.